The number of benzene rings is 1. The van der Waals surface area contributed by atoms with Crippen LogP contribution in [-0.4, -0.2) is 52.8 Å². The lowest BCUT2D eigenvalue weighted by Gasteiger charge is -2.20. The zero-order valence-electron chi connectivity index (χ0n) is 14.8. The Bertz CT molecular complexity index is 921. The SMILES string of the molecule is CN(CCCc1c[nH]c2ccccc12)C(=O)c1cncnc1N(C)C=O. The highest BCUT2D eigenvalue weighted by atomic mass is 16.2. The van der Waals surface area contributed by atoms with Gasteiger partial charge in [-0.25, -0.2) is 9.97 Å². The number of para-hydroxylation sites is 1. The van der Waals surface area contributed by atoms with Crippen LogP contribution in [0.5, 0.6) is 0 Å². The van der Waals surface area contributed by atoms with Crippen molar-refractivity contribution in [2.75, 3.05) is 25.5 Å². The molecular weight excluding hydrogens is 330 g/mol. The Labute approximate surface area is 151 Å². The third-order valence-electron chi connectivity index (χ3n) is 4.38. The molecule has 26 heavy (non-hydrogen) atoms. The molecule has 0 spiro atoms. The Morgan fingerprint density at radius 2 is 2.08 bits per heavy atom. The van der Waals surface area contributed by atoms with E-state index >= 15 is 0 Å². The van der Waals surface area contributed by atoms with Crippen molar-refractivity contribution in [1.29, 1.82) is 0 Å². The van der Waals surface area contributed by atoms with Crippen molar-refractivity contribution in [2.45, 2.75) is 12.8 Å². The quantitative estimate of drug-likeness (QED) is 0.662. The summed E-state index contributed by atoms with van der Waals surface area (Å²) in [6, 6.07) is 8.18. The van der Waals surface area contributed by atoms with E-state index in [0.29, 0.717) is 24.3 Å². The summed E-state index contributed by atoms with van der Waals surface area (Å²) in [5.41, 5.74) is 2.68. The molecular formula is C19H21N5O2. The molecule has 0 atom stereocenters. The van der Waals surface area contributed by atoms with Crippen molar-refractivity contribution in [3.05, 3.63) is 54.1 Å². The van der Waals surface area contributed by atoms with Crippen LogP contribution < -0.4 is 4.90 Å². The molecule has 0 saturated heterocycles. The highest BCUT2D eigenvalue weighted by molar-refractivity contribution is 6.00. The van der Waals surface area contributed by atoms with Gasteiger partial charge in [0.05, 0.1) is 0 Å². The van der Waals surface area contributed by atoms with E-state index in [1.807, 2.05) is 18.3 Å². The molecule has 3 aromatic rings. The molecule has 1 N–H and O–H groups in total. The molecule has 134 valence electrons. The Morgan fingerprint density at radius 3 is 2.88 bits per heavy atom. The normalized spacial score (nSPS) is 10.7. The van der Waals surface area contributed by atoms with E-state index in [4.69, 9.17) is 0 Å². The topological polar surface area (TPSA) is 82.2 Å². The number of amides is 2. The van der Waals surface area contributed by atoms with Gasteiger partial charge in [0.1, 0.15) is 11.9 Å². The number of carbonyl (C=O) groups is 2. The van der Waals surface area contributed by atoms with Gasteiger partial charge in [-0.1, -0.05) is 18.2 Å². The molecule has 0 aliphatic carbocycles. The fourth-order valence-electron chi connectivity index (χ4n) is 2.96. The van der Waals surface area contributed by atoms with Crippen LogP contribution in [0.4, 0.5) is 5.82 Å². The van der Waals surface area contributed by atoms with Gasteiger partial charge in [0.2, 0.25) is 6.41 Å². The van der Waals surface area contributed by atoms with Gasteiger partial charge in [0.15, 0.2) is 5.82 Å². The maximum atomic E-state index is 12.7. The first-order valence-electron chi connectivity index (χ1n) is 8.40. The number of anilines is 1. The average Bonchev–Trinajstić information content (AvgIpc) is 3.10. The molecule has 2 aromatic heterocycles. The van der Waals surface area contributed by atoms with Crippen LogP contribution in [0.1, 0.15) is 22.3 Å². The molecule has 7 nitrogen and oxygen atoms in total. The minimum absolute atomic E-state index is 0.201. The molecule has 0 radical (unpaired) electrons. The number of aromatic amines is 1. The molecule has 0 saturated carbocycles. The molecule has 0 fully saturated rings. The summed E-state index contributed by atoms with van der Waals surface area (Å²) in [5.74, 6) is 0.108. The summed E-state index contributed by atoms with van der Waals surface area (Å²) in [4.78, 5) is 37.8. The number of nitrogens with one attached hydrogen (secondary N) is 1. The van der Waals surface area contributed by atoms with E-state index in [0.717, 1.165) is 18.4 Å². The molecule has 0 aliphatic rings. The van der Waals surface area contributed by atoms with Crippen LogP contribution in [0.3, 0.4) is 0 Å². The summed E-state index contributed by atoms with van der Waals surface area (Å²) in [6.07, 6.45) is 7.11. The lowest BCUT2D eigenvalue weighted by molar-refractivity contribution is -0.107. The molecule has 1 aromatic carbocycles. The number of aromatic nitrogens is 3. The summed E-state index contributed by atoms with van der Waals surface area (Å²) in [5, 5.41) is 1.22. The number of hydrogen-bond acceptors (Lipinski definition) is 4. The lowest BCUT2D eigenvalue weighted by Crippen LogP contribution is -2.30. The van der Waals surface area contributed by atoms with E-state index in [-0.39, 0.29) is 5.91 Å². The van der Waals surface area contributed by atoms with Gasteiger partial charge in [-0.05, 0) is 24.5 Å². The molecule has 0 unspecified atom stereocenters. The second-order valence-electron chi connectivity index (χ2n) is 6.17. The first-order chi connectivity index (χ1) is 12.6. The Balaban J connectivity index is 1.64. The van der Waals surface area contributed by atoms with Crippen LogP contribution in [-0.2, 0) is 11.2 Å². The van der Waals surface area contributed by atoms with Crippen molar-refractivity contribution in [1.82, 2.24) is 19.9 Å². The lowest BCUT2D eigenvalue weighted by atomic mass is 10.1. The second-order valence-corrected chi connectivity index (χ2v) is 6.17. The number of carbonyl (C=O) groups excluding carboxylic acids is 2. The number of hydrogen-bond donors (Lipinski definition) is 1. The monoisotopic (exact) mass is 351 g/mol. The Kier molecular flexibility index (Phi) is 5.26. The summed E-state index contributed by atoms with van der Waals surface area (Å²) < 4.78 is 0. The van der Waals surface area contributed by atoms with E-state index in [9.17, 15) is 9.59 Å². The van der Waals surface area contributed by atoms with E-state index in [1.165, 1.54) is 28.4 Å². The summed E-state index contributed by atoms with van der Waals surface area (Å²) in [6.45, 7) is 0.595. The van der Waals surface area contributed by atoms with Crippen LogP contribution in [0, 0.1) is 0 Å². The number of rotatable bonds is 7. The van der Waals surface area contributed by atoms with E-state index in [2.05, 4.69) is 27.1 Å². The predicted octanol–water partition coefficient (Wildman–Crippen LogP) is 2.26. The molecule has 7 heteroatoms. The van der Waals surface area contributed by atoms with Gasteiger partial charge in [-0.3, -0.25) is 9.59 Å². The molecule has 0 aliphatic heterocycles. The number of H-pyrrole nitrogens is 1. The van der Waals surface area contributed by atoms with Gasteiger partial charge in [0.25, 0.3) is 5.91 Å². The van der Waals surface area contributed by atoms with Gasteiger partial charge in [-0.2, -0.15) is 0 Å². The van der Waals surface area contributed by atoms with Crippen LogP contribution in [0.25, 0.3) is 10.9 Å². The Hall–Kier alpha value is -3.22. The zero-order chi connectivity index (χ0) is 18.5. The molecule has 2 heterocycles. The molecule has 0 bridgehead atoms. The van der Waals surface area contributed by atoms with Gasteiger partial charge in [0, 0.05) is 43.9 Å². The van der Waals surface area contributed by atoms with E-state index in [1.54, 1.807) is 19.0 Å². The minimum atomic E-state index is -0.201. The van der Waals surface area contributed by atoms with E-state index < -0.39 is 0 Å². The van der Waals surface area contributed by atoms with Crippen molar-refractivity contribution in [2.24, 2.45) is 0 Å². The minimum Gasteiger partial charge on any atom is -0.361 e. The van der Waals surface area contributed by atoms with Crippen molar-refractivity contribution in [3.8, 4) is 0 Å². The largest absolute Gasteiger partial charge is 0.361 e. The maximum Gasteiger partial charge on any atom is 0.258 e. The second kappa shape index (κ2) is 7.77. The predicted molar refractivity (Wildman–Crippen MR) is 100 cm³/mol. The molecule has 3 rings (SSSR count). The standard InChI is InChI=1S/C19H21N5O2/c1-23(19(26)16-11-20-12-22-18(16)24(2)13-25)9-5-6-14-10-21-17-8-4-3-7-15(14)17/h3-4,7-8,10-13,21H,5-6,9H2,1-2H3. The fraction of sp³-hybridized carbons (Fsp3) is 0.263. The molecule has 2 amide bonds. The zero-order valence-corrected chi connectivity index (χ0v) is 14.8. The maximum absolute atomic E-state index is 12.7. The highest BCUT2D eigenvalue weighted by Gasteiger charge is 2.19. The van der Waals surface area contributed by atoms with Gasteiger partial charge >= 0.3 is 0 Å². The van der Waals surface area contributed by atoms with Crippen LogP contribution in [0.2, 0.25) is 0 Å². The highest BCUT2D eigenvalue weighted by Crippen LogP contribution is 2.20. The van der Waals surface area contributed by atoms with Crippen molar-refractivity contribution >= 4 is 29.0 Å². The van der Waals surface area contributed by atoms with Crippen LogP contribution >= 0.6 is 0 Å². The smallest absolute Gasteiger partial charge is 0.258 e. The third-order valence-corrected chi connectivity index (χ3v) is 4.38. The third kappa shape index (κ3) is 3.56. The fourth-order valence-corrected chi connectivity index (χ4v) is 2.96. The number of fused-ring (bicyclic) bond motifs is 1. The number of aryl methyl sites for hydroxylation is 1. The number of nitrogens with zero attached hydrogens (tertiary/aromatic N) is 4. The van der Waals surface area contributed by atoms with Crippen molar-refractivity contribution < 1.29 is 9.59 Å². The van der Waals surface area contributed by atoms with Crippen molar-refractivity contribution in [3.63, 3.8) is 0 Å². The average molecular weight is 351 g/mol. The van der Waals surface area contributed by atoms with Gasteiger partial charge in [-0.15, -0.1) is 0 Å². The Morgan fingerprint density at radius 1 is 1.27 bits per heavy atom. The first kappa shape index (κ1) is 17.6. The van der Waals surface area contributed by atoms with Gasteiger partial charge < -0.3 is 14.8 Å². The summed E-state index contributed by atoms with van der Waals surface area (Å²) >= 11 is 0. The summed E-state index contributed by atoms with van der Waals surface area (Å²) in [7, 11) is 3.30. The first-order valence-corrected chi connectivity index (χ1v) is 8.40. The van der Waals surface area contributed by atoms with Crippen LogP contribution in [0.15, 0.2) is 43.0 Å².